The first-order chi connectivity index (χ1) is 8.32. The highest BCUT2D eigenvalue weighted by molar-refractivity contribution is 7.86. The summed E-state index contributed by atoms with van der Waals surface area (Å²) in [4.78, 5) is 23.5. The van der Waals surface area contributed by atoms with Gasteiger partial charge in [0, 0.05) is 39.6 Å². The summed E-state index contributed by atoms with van der Waals surface area (Å²) in [6, 6.07) is 0. The van der Waals surface area contributed by atoms with Crippen molar-refractivity contribution in [3.8, 4) is 0 Å². The summed E-state index contributed by atoms with van der Waals surface area (Å²) in [5.41, 5.74) is 0. The Hall–Kier alpha value is -1.19. The molecule has 2 aliphatic rings. The summed E-state index contributed by atoms with van der Waals surface area (Å²) >= 11 is 0. The Balaban J connectivity index is 1.87. The first kappa shape index (κ1) is 13.2. The third kappa shape index (κ3) is 2.20. The molecule has 0 unspecified atom stereocenters. The maximum absolute atomic E-state index is 11.7. The lowest BCUT2D eigenvalue weighted by Gasteiger charge is -2.40. The lowest BCUT2D eigenvalue weighted by Crippen LogP contribution is -2.56. The number of amides is 2. The minimum atomic E-state index is -3.39. The summed E-state index contributed by atoms with van der Waals surface area (Å²) in [6.45, 7) is 0.636. The molecule has 2 aliphatic heterocycles. The Morgan fingerprint density at radius 1 is 1.33 bits per heavy atom. The molecule has 2 saturated heterocycles. The van der Waals surface area contributed by atoms with E-state index >= 15 is 0 Å². The van der Waals surface area contributed by atoms with Gasteiger partial charge in [0.1, 0.15) is 0 Å². The number of carbonyl (C=O) groups is 2. The fourth-order valence-electron chi connectivity index (χ4n) is 1.87. The quantitative estimate of drug-likeness (QED) is 0.637. The van der Waals surface area contributed by atoms with E-state index in [1.54, 1.807) is 0 Å². The van der Waals surface area contributed by atoms with Crippen molar-refractivity contribution in [2.75, 3.05) is 40.3 Å². The number of carbonyl (C=O) groups excluding carboxylic acids is 2. The van der Waals surface area contributed by atoms with E-state index in [-0.39, 0.29) is 25.0 Å². The van der Waals surface area contributed by atoms with Crippen LogP contribution < -0.4 is 0 Å². The molecule has 0 aromatic rings. The zero-order chi connectivity index (χ0) is 13.5. The lowest BCUT2D eigenvalue weighted by atomic mass is 10.0. The van der Waals surface area contributed by atoms with Gasteiger partial charge >= 0.3 is 6.09 Å². The lowest BCUT2D eigenvalue weighted by molar-refractivity contribution is -0.126. The average Bonchev–Trinajstić information content (AvgIpc) is 2.52. The third-order valence-corrected chi connectivity index (χ3v) is 4.87. The van der Waals surface area contributed by atoms with Crippen LogP contribution in [0.1, 0.15) is 0 Å². The molecule has 0 atom stereocenters. The zero-order valence-electron chi connectivity index (χ0n) is 10.2. The average molecular weight is 277 g/mol. The van der Waals surface area contributed by atoms with E-state index in [4.69, 9.17) is 0 Å². The van der Waals surface area contributed by atoms with Gasteiger partial charge in [0.05, 0.1) is 0 Å². The first-order valence-corrected chi connectivity index (χ1v) is 6.87. The molecule has 2 rings (SSSR count). The maximum Gasteiger partial charge on any atom is 0.417 e. The van der Waals surface area contributed by atoms with Crippen LogP contribution in [0.5, 0.6) is 0 Å². The van der Waals surface area contributed by atoms with Crippen LogP contribution in [0.4, 0.5) is 4.79 Å². The van der Waals surface area contributed by atoms with Gasteiger partial charge in [-0.3, -0.25) is 4.79 Å². The molecule has 2 heterocycles. The van der Waals surface area contributed by atoms with Crippen molar-refractivity contribution < 1.29 is 22.7 Å². The molecule has 0 aliphatic carbocycles. The van der Waals surface area contributed by atoms with Crippen LogP contribution in [0.2, 0.25) is 0 Å². The summed E-state index contributed by atoms with van der Waals surface area (Å²) in [7, 11) is -0.462. The van der Waals surface area contributed by atoms with E-state index in [2.05, 4.69) is 4.74 Å². The van der Waals surface area contributed by atoms with Gasteiger partial charge in [-0.05, 0) is 0 Å². The highest BCUT2D eigenvalue weighted by atomic mass is 32.2. The van der Waals surface area contributed by atoms with Gasteiger partial charge in [-0.25, -0.2) is 9.69 Å². The predicted octanol–water partition coefficient (Wildman–Crippen LogP) is -1.30. The number of hydrogen-bond acceptors (Lipinski definition) is 5. The van der Waals surface area contributed by atoms with Crippen LogP contribution in [0, 0.1) is 5.92 Å². The highest BCUT2D eigenvalue weighted by Crippen LogP contribution is 2.23. The maximum atomic E-state index is 11.7. The second kappa shape index (κ2) is 4.48. The summed E-state index contributed by atoms with van der Waals surface area (Å²) in [5, 5.41) is 0. The molecule has 0 bridgehead atoms. The largest absolute Gasteiger partial charge is 0.439 e. The third-order valence-electron chi connectivity index (χ3n) is 2.99. The van der Waals surface area contributed by atoms with E-state index in [1.165, 1.54) is 18.4 Å². The van der Waals surface area contributed by atoms with E-state index in [0.717, 1.165) is 9.21 Å². The molecule has 8 nitrogen and oxygen atoms in total. The van der Waals surface area contributed by atoms with Crippen molar-refractivity contribution in [3.63, 3.8) is 0 Å². The number of ether oxygens (including phenoxy) is 1. The van der Waals surface area contributed by atoms with E-state index in [0.29, 0.717) is 13.1 Å². The van der Waals surface area contributed by atoms with Gasteiger partial charge in [-0.2, -0.15) is 17.0 Å². The number of rotatable bonds is 4. The second-order valence-electron chi connectivity index (χ2n) is 4.53. The number of nitrogens with zero attached hydrogens (tertiary/aromatic N) is 3. The number of cyclic esters (lactones) is 1. The molecule has 0 N–H and O–H groups in total. The fourth-order valence-corrected chi connectivity index (χ4v) is 3.13. The molecular formula is C9H15N3O5S. The highest BCUT2D eigenvalue weighted by Gasteiger charge is 2.41. The molecule has 9 heteroatoms. The first-order valence-electron chi connectivity index (χ1n) is 5.47. The molecule has 0 radical (unpaired) electrons. The van der Waals surface area contributed by atoms with Crippen LogP contribution >= 0.6 is 0 Å². The van der Waals surface area contributed by atoms with Crippen LogP contribution in [-0.2, 0) is 19.7 Å². The minimum Gasteiger partial charge on any atom is -0.439 e. The van der Waals surface area contributed by atoms with Crippen molar-refractivity contribution >= 4 is 22.2 Å². The van der Waals surface area contributed by atoms with Gasteiger partial charge in [0.2, 0.25) is 0 Å². The van der Waals surface area contributed by atoms with Crippen LogP contribution in [-0.4, -0.2) is 74.3 Å². The Kier molecular flexibility index (Phi) is 3.30. The van der Waals surface area contributed by atoms with E-state index in [1.807, 2.05) is 0 Å². The van der Waals surface area contributed by atoms with Crippen molar-refractivity contribution in [2.45, 2.75) is 0 Å². The molecule has 102 valence electrons. The van der Waals surface area contributed by atoms with Crippen LogP contribution in [0.3, 0.4) is 0 Å². The van der Waals surface area contributed by atoms with E-state index < -0.39 is 16.3 Å². The number of imide groups is 1. The topological polar surface area (TPSA) is 87.2 Å². The fraction of sp³-hybridized carbons (Fsp3) is 0.778. The van der Waals surface area contributed by atoms with Gasteiger partial charge in [0.15, 0.2) is 6.61 Å². The smallest absolute Gasteiger partial charge is 0.417 e. The van der Waals surface area contributed by atoms with Crippen LogP contribution in [0.25, 0.3) is 0 Å². The Morgan fingerprint density at radius 2 is 1.94 bits per heavy atom. The predicted molar refractivity (Wildman–Crippen MR) is 60.7 cm³/mol. The summed E-state index contributed by atoms with van der Waals surface area (Å²) < 4.78 is 30.4. The minimum absolute atomic E-state index is 0.0191. The molecule has 0 spiro atoms. The molecule has 0 aromatic heterocycles. The Bertz CT molecular complexity index is 453. The van der Waals surface area contributed by atoms with Crippen molar-refractivity contribution in [1.82, 2.24) is 13.5 Å². The molecular weight excluding hydrogens is 262 g/mol. The molecule has 2 amide bonds. The molecule has 2 fully saturated rings. The molecule has 0 aromatic carbocycles. The zero-order valence-corrected chi connectivity index (χ0v) is 11.0. The summed E-state index contributed by atoms with van der Waals surface area (Å²) in [5.74, 6) is -0.386. The monoisotopic (exact) mass is 277 g/mol. The van der Waals surface area contributed by atoms with Gasteiger partial charge in [-0.15, -0.1) is 0 Å². The SMILES string of the molecule is CN(C)S(=O)(=O)N1CC(CN2C(=O)COC2=O)C1. The van der Waals surface area contributed by atoms with E-state index in [9.17, 15) is 18.0 Å². The van der Waals surface area contributed by atoms with Crippen molar-refractivity contribution in [3.05, 3.63) is 0 Å². The Morgan fingerprint density at radius 3 is 2.39 bits per heavy atom. The van der Waals surface area contributed by atoms with Gasteiger partial charge in [0.25, 0.3) is 16.1 Å². The summed E-state index contributed by atoms with van der Waals surface area (Å²) in [6.07, 6.45) is -0.645. The van der Waals surface area contributed by atoms with Crippen LogP contribution in [0.15, 0.2) is 0 Å². The van der Waals surface area contributed by atoms with Gasteiger partial charge in [-0.1, -0.05) is 0 Å². The van der Waals surface area contributed by atoms with Gasteiger partial charge < -0.3 is 4.74 Å². The second-order valence-corrected chi connectivity index (χ2v) is 6.67. The normalized spacial score (nSPS) is 22.5. The standard InChI is InChI=1S/C9H15N3O5S/c1-10(2)18(15,16)11-3-7(4-11)5-12-8(13)6-17-9(12)14/h7H,3-6H2,1-2H3. The van der Waals surface area contributed by atoms with Crippen molar-refractivity contribution in [1.29, 1.82) is 0 Å². The molecule has 18 heavy (non-hydrogen) atoms. The number of hydrogen-bond donors (Lipinski definition) is 0. The van der Waals surface area contributed by atoms with Crippen molar-refractivity contribution in [2.24, 2.45) is 5.92 Å². The Labute approximate surface area is 105 Å². The molecule has 0 saturated carbocycles.